The third-order valence-corrected chi connectivity index (χ3v) is 5.01. The van der Waals surface area contributed by atoms with Gasteiger partial charge in [0.05, 0.1) is 12.1 Å². The summed E-state index contributed by atoms with van der Waals surface area (Å²) in [6.07, 6.45) is 6.21. The van der Waals surface area contributed by atoms with Gasteiger partial charge in [-0.2, -0.15) is 0 Å². The smallest absolute Gasteiger partial charge is 0.331 e. The van der Waals surface area contributed by atoms with E-state index >= 15 is 0 Å². The minimum Gasteiger partial charge on any atom is -0.450 e. The molecule has 3 fully saturated rings. The largest absolute Gasteiger partial charge is 0.450 e. The second kappa shape index (κ2) is 3.12. The van der Waals surface area contributed by atoms with E-state index in [1.54, 1.807) is 6.08 Å². The van der Waals surface area contributed by atoms with E-state index in [9.17, 15) is 9.90 Å². The first-order chi connectivity index (χ1) is 8.21. The van der Waals surface area contributed by atoms with Crippen LogP contribution in [-0.4, -0.2) is 46.3 Å². The Balaban J connectivity index is 1.81. The fourth-order valence-electron chi connectivity index (χ4n) is 4.36. The van der Waals surface area contributed by atoms with Crippen molar-refractivity contribution in [1.29, 1.82) is 0 Å². The molecule has 92 valence electrons. The Morgan fingerprint density at radius 1 is 1.47 bits per heavy atom. The van der Waals surface area contributed by atoms with Crippen LogP contribution in [0.3, 0.4) is 0 Å². The molecule has 1 N–H and O–H groups in total. The molecule has 0 aromatic heterocycles. The Labute approximate surface area is 100 Å². The molecule has 0 aromatic rings. The molecule has 4 aliphatic rings. The molecule has 3 heterocycles. The van der Waals surface area contributed by atoms with Crippen molar-refractivity contribution in [2.75, 3.05) is 6.54 Å². The first kappa shape index (κ1) is 10.1. The van der Waals surface area contributed by atoms with E-state index in [0.29, 0.717) is 12.5 Å². The van der Waals surface area contributed by atoms with Crippen molar-refractivity contribution in [2.24, 2.45) is 0 Å². The van der Waals surface area contributed by atoms with Gasteiger partial charge in [-0.1, -0.05) is 6.42 Å². The predicted octanol–water partition coefficient (Wildman–Crippen LogP) is 0.600. The van der Waals surface area contributed by atoms with Crippen LogP contribution in [0.4, 0.5) is 0 Å². The molecule has 1 aliphatic carbocycles. The zero-order valence-electron chi connectivity index (χ0n) is 9.76. The zero-order chi connectivity index (χ0) is 11.6. The molecule has 3 aliphatic heterocycles. The van der Waals surface area contributed by atoms with Crippen LogP contribution < -0.4 is 0 Å². The molecule has 1 spiro atoms. The Hall–Kier alpha value is -0.870. The highest BCUT2D eigenvalue weighted by Crippen LogP contribution is 2.53. The summed E-state index contributed by atoms with van der Waals surface area (Å²) in [5.74, 6) is -0.208. The topological polar surface area (TPSA) is 49.8 Å². The van der Waals surface area contributed by atoms with Crippen LogP contribution in [-0.2, 0) is 9.53 Å². The number of fused-ring (bicyclic) bond motifs is 3. The molecule has 4 rings (SSSR count). The van der Waals surface area contributed by atoms with E-state index in [4.69, 9.17) is 4.74 Å². The Bertz CT molecular complexity index is 419. The highest BCUT2D eigenvalue weighted by atomic mass is 16.6. The molecule has 17 heavy (non-hydrogen) atoms. The molecule has 0 radical (unpaired) electrons. The van der Waals surface area contributed by atoms with Gasteiger partial charge in [0.15, 0.2) is 5.60 Å². The van der Waals surface area contributed by atoms with Crippen molar-refractivity contribution >= 4 is 5.97 Å². The van der Waals surface area contributed by atoms with E-state index in [1.807, 2.05) is 0 Å². The van der Waals surface area contributed by atoms with Gasteiger partial charge in [-0.15, -0.1) is 0 Å². The minimum absolute atomic E-state index is 0.198. The summed E-state index contributed by atoms with van der Waals surface area (Å²) in [5.41, 5.74) is 0.669. The summed E-state index contributed by atoms with van der Waals surface area (Å²) in [7, 11) is 0. The zero-order valence-corrected chi connectivity index (χ0v) is 9.76. The number of esters is 1. The lowest BCUT2D eigenvalue weighted by Gasteiger charge is -2.37. The van der Waals surface area contributed by atoms with Crippen molar-refractivity contribution < 1.29 is 14.6 Å². The molecule has 0 amide bonds. The van der Waals surface area contributed by atoms with Crippen LogP contribution in [0.2, 0.25) is 0 Å². The standard InChI is InChI=1S/C13H17NO3/c15-10-5-8-6-12(16)17-13(8)7-9(10)14-4-2-1-3-11(13)14/h6,9-11,15H,1-5,7H2/t9?,10-,11?,13?/m0/s1. The van der Waals surface area contributed by atoms with E-state index in [1.165, 1.54) is 12.8 Å². The lowest BCUT2D eigenvalue weighted by Crippen LogP contribution is -2.48. The lowest BCUT2D eigenvalue weighted by atomic mass is 9.76. The quantitative estimate of drug-likeness (QED) is 0.625. The first-order valence-electron chi connectivity index (χ1n) is 6.58. The summed E-state index contributed by atoms with van der Waals surface area (Å²) in [6, 6.07) is 0.513. The number of aliphatic hydroxyl groups excluding tert-OH is 1. The van der Waals surface area contributed by atoms with Gasteiger partial charge in [-0.25, -0.2) is 4.79 Å². The predicted molar refractivity (Wildman–Crippen MR) is 60.3 cm³/mol. The molecule has 4 nitrogen and oxygen atoms in total. The second-order valence-corrected chi connectivity index (χ2v) is 5.77. The van der Waals surface area contributed by atoms with Crippen LogP contribution >= 0.6 is 0 Å². The molecular weight excluding hydrogens is 218 g/mol. The number of ether oxygens (including phenoxy) is 1. The molecule has 4 heteroatoms. The summed E-state index contributed by atoms with van der Waals surface area (Å²) < 4.78 is 5.68. The number of carbonyl (C=O) groups is 1. The summed E-state index contributed by atoms with van der Waals surface area (Å²) in [4.78, 5) is 14.0. The maximum Gasteiger partial charge on any atom is 0.331 e. The van der Waals surface area contributed by atoms with Gasteiger partial charge in [-0.05, 0) is 25.0 Å². The average molecular weight is 235 g/mol. The fourth-order valence-corrected chi connectivity index (χ4v) is 4.36. The fraction of sp³-hybridized carbons (Fsp3) is 0.769. The van der Waals surface area contributed by atoms with Gasteiger partial charge in [0.1, 0.15) is 0 Å². The van der Waals surface area contributed by atoms with Gasteiger partial charge in [-0.3, -0.25) is 4.90 Å². The summed E-state index contributed by atoms with van der Waals surface area (Å²) in [5, 5.41) is 10.2. The van der Waals surface area contributed by atoms with Gasteiger partial charge >= 0.3 is 5.97 Å². The number of hydrogen-bond acceptors (Lipinski definition) is 4. The highest BCUT2D eigenvalue weighted by Gasteiger charge is 2.63. The summed E-state index contributed by atoms with van der Waals surface area (Å²) in [6.45, 7) is 1.04. The minimum atomic E-state index is -0.374. The lowest BCUT2D eigenvalue weighted by molar-refractivity contribution is -0.148. The van der Waals surface area contributed by atoms with Crippen LogP contribution in [0.5, 0.6) is 0 Å². The van der Waals surface area contributed by atoms with Gasteiger partial charge in [0.25, 0.3) is 0 Å². The molecule has 2 bridgehead atoms. The van der Waals surface area contributed by atoms with E-state index in [0.717, 1.165) is 25.0 Å². The Morgan fingerprint density at radius 2 is 2.35 bits per heavy atom. The number of rotatable bonds is 0. The first-order valence-corrected chi connectivity index (χ1v) is 6.58. The van der Waals surface area contributed by atoms with Crippen molar-refractivity contribution in [3.8, 4) is 0 Å². The third kappa shape index (κ3) is 1.13. The van der Waals surface area contributed by atoms with Crippen molar-refractivity contribution in [1.82, 2.24) is 4.90 Å². The van der Waals surface area contributed by atoms with E-state index in [2.05, 4.69) is 4.90 Å². The van der Waals surface area contributed by atoms with Crippen LogP contribution in [0, 0.1) is 0 Å². The normalized spacial score (nSPS) is 48.4. The van der Waals surface area contributed by atoms with Gasteiger partial charge < -0.3 is 9.84 Å². The summed E-state index contributed by atoms with van der Waals surface area (Å²) >= 11 is 0. The number of aliphatic hydroxyl groups is 1. The maximum atomic E-state index is 11.6. The molecule has 3 unspecified atom stereocenters. The number of nitrogens with zero attached hydrogens (tertiary/aromatic N) is 1. The number of hydrogen-bond donors (Lipinski definition) is 1. The molecule has 4 atom stereocenters. The van der Waals surface area contributed by atoms with Crippen molar-refractivity contribution in [2.45, 2.75) is 55.9 Å². The van der Waals surface area contributed by atoms with Crippen LogP contribution in [0.25, 0.3) is 0 Å². The third-order valence-electron chi connectivity index (χ3n) is 5.01. The second-order valence-electron chi connectivity index (χ2n) is 5.77. The van der Waals surface area contributed by atoms with Crippen LogP contribution in [0.15, 0.2) is 11.6 Å². The van der Waals surface area contributed by atoms with E-state index < -0.39 is 0 Å². The molecular formula is C13H17NO3. The highest BCUT2D eigenvalue weighted by molar-refractivity contribution is 5.87. The van der Waals surface area contributed by atoms with E-state index in [-0.39, 0.29) is 23.7 Å². The van der Waals surface area contributed by atoms with Gasteiger partial charge in [0, 0.05) is 25.0 Å². The van der Waals surface area contributed by atoms with Crippen molar-refractivity contribution in [3.63, 3.8) is 0 Å². The monoisotopic (exact) mass is 235 g/mol. The van der Waals surface area contributed by atoms with Crippen LogP contribution in [0.1, 0.15) is 32.1 Å². The molecule has 0 aromatic carbocycles. The molecule has 2 saturated heterocycles. The maximum absolute atomic E-state index is 11.6. The average Bonchev–Trinajstić information content (AvgIpc) is 2.79. The Kier molecular flexibility index (Phi) is 1.85. The number of carbonyl (C=O) groups excluding carboxylic acids is 1. The SMILES string of the molecule is O=C1C=C2C[C@H](O)C3CC2(O1)C1CCCCN31. The van der Waals surface area contributed by atoms with Gasteiger partial charge in [0.2, 0.25) is 0 Å². The number of piperidine rings is 1. The Morgan fingerprint density at radius 3 is 3.24 bits per heavy atom. The molecule has 1 saturated carbocycles. The van der Waals surface area contributed by atoms with Crippen molar-refractivity contribution in [3.05, 3.63) is 11.6 Å².